The molecule has 0 saturated carbocycles. The molecular formula is C18H21F2N3O5. The first-order valence-corrected chi connectivity index (χ1v) is 8.73. The molecule has 0 bridgehead atoms. The molecule has 28 heavy (non-hydrogen) atoms. The molecule has 1 aliphatic heterocycles. The van der Waals surface area contributed by atoms with E-state index >= 15 is 0 Å². The van der Waals surface area contributed by atoms with Crippen LogP contribution in [0.3, 0.4) is 0 Å². The topological polar surface area (TPSA) is 105 Å². The molecule has 0 radical (unpaired) electrons. The second-order valence-electron chi connectivity index (χ2n) is 6.33. The molecule has 1 aromatic carbocycles. The number of nitrogens with zero attached hydrogens (tertiary/aromatic N) is 1. The fourth-order valence-electron chi connectivity index (χ4n) is 2.81. The quantitative estimate of drug-likeness (QED) is 0.541. The molecule has 10 heteroatoms. The Kier molecular flexibility index (Phi) is 6.32. The second kappa shape index (κ2) is 8.32. The summed E-state index contributed by atoms with van der Waals surface area (Å²) in [4.78, 5) is 49.3. The number of carbonyl (C=O) groups excluding carboxylic acids is 4. The Bertz CT molecular complexity index is 790. The number of hydrogen-bond donors (Lipinski definition) is 2. The second-order valence-corrected chi connectivity index (χ2v) is 6.33. The molecule has 1 aliphatic rings. The molecule has 1 heterocycles. The summed E-state index contributed by atoms with van der Waals surface area (Å²) in [6, 6.07) is 2.33. The van der Waals surface area contributed by atoms with Gasteiger partial charge in [-0.1, -0.05) is 19.9 Å². The van der Waals surface area contributed by atoms with Crippen LogP contribution < -0.4 is 10.6 Å². The third-order valence-corrected chi connectivity index (χ3v) is 4.63. The molecule has 0 aromatic heterocycles. The Morgan fingerprint density at radius 2 is 1.79 bits per heavy atom. The standard InChI is InChI=1S/C18H21F2N3O5/c1-4-18(5-2)16(26)23(17(27)22-18)9-13(24)28-10(3)15(25)21-14-11(19)7-6-8-12(14)20/h6-8,10H,4-5,9H2,1-3H3,(H,21,25)(H,22,27)/t10-/m0/s1. The van der Waals surface area contributed by atoms with Crippen molar-refractivity contribution in [2.75, 3.05) is 11.9 Å². The molecule has 1 saturated heterocycles. The number of halogens is 2. The van der Waals surface area contributed by atoms with Gasteiger partial charge >= 0.3 is 12.0 Å². The number of benzene rings is 1. The molecule has 1 aromatic rings. The molecule has 0 aliphatic carbocycles. The normalized spacial score (nSPS) is 16.5. The number of rotatable bonds is 7. The monoisotopic (exact) mass is 397 g/mol. The third-order valence-electron chi connectivity index (χ3n) is 4.63. The SMILES string of the molecule is CCC1(CC)NC(=O)N(CC(=O)O[C@@H](C)C(=O)Nc2c(F)cccc2F)C1=O. The van der Waals surface area contributed by atoms with Crippen LogP contribution in [0.25, 0.3) is 0 Å². The van der Waals surface area contributed by atoms with Gasteiger partial charge in [0.15, 0.2) is 6.10 Å². The molecule has 0 spiro atoms. The predicted molar refractivity (Wildman–Crippen MR) is 94.1 cm³/mol. The third kappa shape index (κ3) is 4.10. The van der Waals surface area contributed by atoms with E-state index in [2.05, 4.69) is 5.32 Å². The number of para-hydroxylation sites is 1. The summed E-state index contributed by atoms with van der Waals surface area (Å²) in [6.07, 6.45) is -0.700. The van der Waals surface area contributed by atoms with Crippen molar-refractivity contribution in [1.82, 2.24) is 10.2 Å². The Hall–Kier alpha value is -3.04. The summed E-state index contributed by atoms with van der Waals surface area (Å²) in [7, 11) is 0. The number of anilines is 1. The predicted octanol–water partition coefficient (Wildman–Crippen LogP) is 1.95. The Morgan fingerprint density at radius 1 is 1.21 bits per heavy atom. The summed E-state index contributed by atoms with van der Waals surface area (Å²) < 4.78 is 32.1. The lowest BCUT2D eigenvalue weighted by Gasteiger charge is -2.23. The van der Waals surface area contributed by atoms with Crippen LogP contribution in [0.1, 0.15) is 33.6 Å². The minimum atomic E-state index is -1.41. The molecule has 152 valence electrons. The van der Waals surface area contributed by atoms with E-state index in [1.807, 2.05) is 5.32 Å². The van der Waals surface area contributed by atoms with Crippen molar-refractivity contribution in [2.24, 2.45) is 0 Å². The van der Waals surface area contributed by atoms with Crippen LogP contribution in [0.2, 0.25) is 0 Å². The minimum absolute atomic E-state index is 0.354. The number of urea groups is 1. The Labute approximate surface area is 160 Å². The molecule has 2 rings (SSSR count). The molecular weight excluding hydrogens is 376 g/mol. The maximum absolute atomic E-state index is 13.6. The molecule has 8 nitrogen and oxygen atoms in total. The number of hydrogen-bond acceptors (Lipinski definition) is 5. The van der Waals surface area contributed by atoms with Gasteiger partial charge in [0.25, 0.3) is 11.8 Å². The van der Waals surface area contributed by atoms with Crippen LogP contribution in [0.15, 0.2) is 18.2 Å². The number of imide groups is 1. The van der Waals surface area contributed by atoms with Crippen molar-refractivity contribution in [3.8, 4) is 0 Å². The molecule has 1 atom stereocenters. The number of nitrogens with one attached hydrogen (secondary N) is 2. The van der Waals surface area contributed by atoms with E-state index in [9.17, 15) is 28.0 Å². The lowest BCUT2D eigenvalue weighted by Crippen LogP contribution is -2.46. The van der Waals surface area contributed by atoms with E-state index in [0.29, 0.717) is 12.8 Å². The minimum Gasteiger partial charge on any atom is -0.451 e. The van der Waals surface area contributed by atoms with Gasteiger partial charge in [0, 0.05) is 0 Å². The summed E-state index contributed by atoms with van der Waals surface area (Å²) >= 11 is 0. The van der Waals surface area contributed by atoms with E-state index in [0.717, 1.165) is 23.1 Å². The van der Waals surface area contributed by atoms with E-state index in [4.69, 9.17) is 4.74 Å². The largest absolute Gasteiger partial charge is 0.451 e. The first-order valence-electron chi connectivity index (χ1n) is 8.73. The van der Waals surface area contributed by atoms with Gasteiger partial charge in [0.1, 0.15) is 29.4 Å². The average Bonchev–Trinajstić information content (AvgIpc) is 2.89. The summed E-state index contributed by atoms with van der Waals surface area (Å²) in [5.41, 5.74) is -1.73. The van der Waals surface area contributed by atoms with Gasteiger partial charge in [-0.2, -0.15) is 0 Å². The van der Waals surface area contributed by atoms with Gasteiger partial charge < -0.3 is 15.4 Å². The van der Waals surface area contributed by atoms with Crippen LogP contribution in [0, 0.1) is 11.6 Å². The first kappa shape index (κ1) is 21.3. The van der Waals surface area contributed by atoms with E-state index in [1.54, 1.807) is 13.8 Å². The van der Waals surface area contributed by atoms with E-state index < -0.39 is 59.3 Å². The molecule has 4 amide bonds. The first-order chi connectivity index (χ1) is 13.1. The van der Waals surface area contributed by atoms with Gasteiger partial charge in [0.2, 0.25) is 0 Å². The zero-order valence-electron chi connectivity index (χ0n) is 15.7. The van der Waals surface area contributed by atoms with Crippen molar-refractivity contribution in [1.29, 1.82) is 0 Å². The highest BCUT2D eigenvalue weighted by molar-refractivity contribution is 6.08. The van der Waals surface area contributed by atoms with Crippen LogP contribution in [-0.4, -0.2) is 46.9 Å². The van der Waals surface area contributed by atoms with E-state index in [-0.39, 0.29) is 0 Å². The zero-order chi connectivity index (χ0) is 21.1. The van der Waals surface area contributed by atoms with Crippen LogP contribution in [-0.2, 0) is 19.1 Å². The van der Waals surface area contributed by atoms with Crippen LogP contribution in [0.5, 0.6) is 0 Å². The van der Waals surface area contributed by atoms with Crippen LogP contribution in [0.4, 0.5) is 19.3 Å². The lowest BCUT2D eigenvalue weighted by atomic mass is 9.93. The van der Waals surface area contributed by atoms with Gasteiger partial charge in [0.05, 0.1) is 0 Å². The van der Waals surface area contributed by atoms with E-state index in [1.165, 1.54) is 6.92 Å². The maximum atomic E-state index is 13.6. The zero-order valence-corrected chi connectivity index (χ0v) is 15.7. The maximum Gasteiger partial charge on any atom is 0.327 e. The highest BCUT2D eigenvalue weighted by atomic mass is 19.1. The fraction of sp³-hybridized carbons (Fsp3) is 0.444. The Morgan fingerprint density at radius 3 is 2.29 bits per heavy atom. The summed E-state index contributed by atoms with van der Waals surface area (Å²) in [6.45, 7) is 3.98. The number of carbonyl (C=O) groups is 4. The van der Waals surface area contributed by atoms with Gasteiger partial charge in [-0.3, -0.25) is 19.3 Å². The molecule has 1 fully saturated rings. The highest BCUT2D eigenvalue weighted by Gasteiger charge is 2.49. The summed E-state index contributed by atoms with van der Waals surface area (Å²) in [5.74, 6) is -4.50. The average molecular weight is 397 g/mol. The van der Waals surface area contributed by atoms with Crippen LogP contribution >= 0.6 is 0 Å². The van der Waals surface area contributed by atoms with Crippen molar-refractivity contribution in [3.63, 3.8) is 0 Å². The fourth-order valence-corrected chi connectivity index (χ4v) is 2.81. The smallest absolute Gasteiger partial charge is 0.327 e. The Balaban J connectivity index is 1.98. The van der Waals surface area contributed by atoms with Gasteiger partial charge in [-0.25, -0.2) is 13.6 Å². The van der Waals surface area contributed by atoms with Crippen molar-refractivity contribution in [3.05, 3.63) is 29.8 Å². The molecule has 2 N–H and O–H groups in total. The van der Waals surface area contributed by atoms with Crippen molar-refractivity contribution >= 4 is 29.5 Å². The number of ether oxygens (including phenoxy) is 1. The van der Waals surface area contributed by atoms with Crippen molar-refractivity contribution < 1.29 is 32.7 Å². The van der Waals surface area contributed by atoms with Gasteiger partial charge in [-0.15, -0.1) is 0 Å². The summed E-state index contributed by atoms with van der Waals surface area (Å²) in [5, 5.41) is 4.56. The van der Waals surface area contributed by atoms with Gasteiger partial charge in [-0.05, 0) is 31.9 Å². The molecule has 0 unspecified atom stereocenters. The van der Waals surface area contributed by atoms with Crippen molar-refractivity contribution in [2.45, 2.75) is 45.3 Å². The lowest BCUT2D eigenvalue weighted by molar-refractivity contribution is -0.155. The number of esters is 1. The highest BCUT2D eigenvalue weighted by Crippen LogP contribution is 2.25. The number of amides is 4.